The molecular weight excluding hydrogens is 365 g/mol. The van der Waals surface area contributed by atoms with Gasteiger partial charge in [0.15, 0.2) is 0 Å². The molecule has 1 aromatic carbocycles. The summed E-state index contributed by atoms with van der Waals surface area (Å²) in [5.41, 5.74) is -1.01. The fraction of sp³-hybridized carbons (Fsp3) is 0.429. The Morgan fingerprint density at radius 1 is 1.16 bits per heavy atom. The van der Waals surface area contributed by atoms with E-state index in [-0.39, 0.29) is 19.6 Å². The topological polar surface area (TPSA) is 95.0 Å². The Hall–Kier alpha value is -2.14. The first-order valence-corrected chi connectivity index (χ1v) is 8.56. The van der Waals surface area contributed by atoms with Crippen molar-refractivity contribution in [1.82, 2.24) is 9.21 Å². The molecule has 0 radical (unpaired) electrons. The van der Waals surface area contributed by atoms with Crippen LogP contribution in [-0.4, -0.2) is 60.3 Å². The summed E-state index contributed by atoms with van der Waals surface area (Å²) in [5, 5.41) is 9.28. The molecule has 138 valence electrons. The van der Waals surface area contributed by atoms with Crippen LogP contribution in [0.5, 0.6) is 0 Å². The smallest absolute Gasteiger partial charge is 0.416 e. The maximum Gasteiger partial charge on any atom is 0.416 e. The number of carbonyl (C=O) groups is 2. The molecule has 1 aliphatic heterocycles. The number of amides is 1. The van der Waals surface area contributed by atoms with E-state index in [1.165, 1.54) is 11.8 Å². The summed E-state index contributed by atoms with van der Waals surface area (Å²) in [6, 6.07) is 1.30. The molecule has 1 amide bonds. The average molecular weight is 380 g/mol. The Labute approximate surface area is 141 Å². The van der Waals surface area contributed by atoms with Crippen LogP contribution < -0.4 is 0 Å². The van der Waals surface area contributed by atoms with E-state index < -0.39 is 44.6 Å². The third kappa shape index (κ3) is 3.93. The summed E-state index contributed by atoms with van der Waals surface area (Å²) in [6.45, 7) is 0.641. The van der Waals surface area contributed by atoms with E-state index in [0.29, 0.717) is 16.4 Å². The Kier molecular flexibility index (Phi) is 5.09. The highest BCUT2D eigenvalue weighted by molar-refractivity contribution is 7.89. The normalized spacial score (nSPS) is 19.7. The molecule has 2 rings (SSSR count). The molecular formula is C14H15F3N2O5S. The van der Waals surface area contributed by atoms with Crippen molar-refractivity contribution in [1.29, 1.82) is 0 Å². The van der Waals surface area contributed by atoms with E-state index in [0.717, 1.165) is 12.1 Å². The molecule has 1 aromatic rings. The van der Waals surface area contributed by atoms with Crippen LogP contribution in [0.2, 0.25) is 0 Å². The molecule has 0 spiro atoms. The number of alkyl halides is 3. The van der Waals surface area contributed by atoms with Crippen molar-refractivity contribution in [3.05, 3.63) is 29.8 Å². The van der Waals surface area contributed by atoms with Crippen LogP contribution in [-0.2, 0) is 25.8 Å². The predicted octanol–water partition coefficient (Wildman–Crippen LogP) is 1.01. The number of halogens is 3. The van der Waals surface area contributed by atoms with Crippen LogP contribution in [0.1, 0.15) is 12.5 Å². The molecule has 0 aliphatic carbocycles. The molecule has 1 N–H and O–H groups in total. The van der Waals surface area contributed by atoms with Crippen LogP contribution in [0.15, 0.2) is 29.2 Å². The zero-order chi connectivity index (χ0) is 19.0. The van der Waals surface area contributed by atoms with Crippen molar-refractivity contribution >= 4 is 21.9 Å². The minimum atomic E-state index is -4.61. The minimum Gasteiger partial charge on any atom is -0.480 e. The van der Waals surface area contributed by atoms with Gasteiger partial charge >= 0.3 is 12.1 Å². The number of carbonyl (C=O) groups excluding carboxylic acids is 1. The molecule has 0 unspecified atom stereocenters. The van der Waals surface area contributed by atoms with E-state index >= 15 is 0 Å². The molecule has 0 saturated carbocycles. The van der Waals surface area contributed by atoms with Gasteiger partial charge in [-0.2, -0.15) is 17.5 Å². The van der Waals surface area contributed by atoms with E-state index in [1.807, 2.05) is 0 Å². The molecule has 7 nitrogen and oxygen atoms in total. The van der Waals surface area contributed by atoms with Gasteiger partial charge in [-0.1, -0.05) is 0 Å². The minimum absolute atomic E-state index is 0.00101. The lowest BCUT2D eigenvalue weighted by Crippen LogP contribution is -2.58. The first-order valence-electron chi connectivity index (χ1n) is 7.12. The molecule has 25 heavy (non-hydrogen) atoms. The summed E-state index contributed by atoms with van der Waals surface area (Å²) in [5.74, 6) is -1.83. The third-order valence-corrected chi connectivity index (χ3v) is 5.77. The second-order valence-electron chi connectivity index (χ2n) is 5.46. The van der Waals surface area contributed by atoms with Crippen molar-refractivity contribution in [3.8, 4) is 0 Å². The number of aliphatic carboxylic acids is 1. The van der Waals surface area contributed by atoms with Gasteiger partial charge in [-0.15, -0.1) is 0 Å². The van der Waals surface area contributed by atoms with E-state index in [2.05, 4.69) is 0 Å². The Balaban J connectivity index is 2.34. The number of rotatable bonds is 3. The number of hydrogen-bond donors (Lipinski definition) is 1. The van der Waals surface area contributed by atoms with Crippen LogP contribution in [0.4, 0.5) is 13.2 Å². The zero-order valence-electron chi connectivity index (χ0n) is 13.0. The molecule has 11 heteroatoms. The largest absolute Gasteiger partial charge is 0.480 e. The standard InChI is InChI=1S/C14H15F3N2O5S/c1-9(20)18-6-7-19(12(8-18)13(21)22)25(23,24)11-4-2-10(3-5-11)14(15,16)17/h2-5,12H,6-8H2,1H3,(H,21,22)/t12-/m1/s1. The van der Waals surface area contributed by atoms with Crippen LogP contribution in [0.25, 0.3) is 0 Å². The number of carboxylic acid groups (broad SMARTS) is 1. The lowest BCUT2D eigenvalue weighted by atomic mass is 10.2. The number of benzene rings is 1. The first kappa shape index (κ1) is 19.2. The Bertz CT molecular complexity index is 777. The van der Waals surface area contributed by atoms with Gasteiger partial charge in [0.1, 0.15) is 6.04 Å². The first-order chi connectivity index (χ1) is 11.4. The Morgan fingerprint density at radius 3 is 2.16 bits per heavy atom. The fourth-order valence-corrected chi connectivity index (χ4v) is 4.06. The van der Waals surface area contributed by atoms with Gasteiger partial charge in [-0.05, 0) is 24.3 Å². The van der Waals surface area contributed by atoms with Gasteiger partial charge in [0.05, 0.1) is 10.5 Å². The number of carboxylic acids is 1. The monoisotopic (exact) mass is 380 g/mol. The summed E-state index contributed by atoms with van der Waals surface area (Å²) in [6.07, 6.45) is -4.61. The van der Waals surface area contributed by atoms with Gasteiger partial charge in [0, 0.05) is 26.6 Å². The van der Waals surface area contributed by atoms with Gasteiger partial charge in [-0.3, -0.25) is 9.59 Å². The second-order valence-corrected chi connectivity index (χ2v) is 7.35. The van der Waals surface area contributed by atoms with Gasteiger partial charge in [0.25, 0.3) is 0 Å². The highest BCUT2D eigenvalue weighted by Crippen LogP contribution is 2.30. The number of sulfonamides is 1. The fourth-order valence-electron chi connectivity index (χ4n) is 2.49. The highest BCUT2D eigenvalue weighted by Gasteiger charge is 2.41. The second kappa shape index (κ2) is 6.64. The SMILES string of the molecule is CC(=O)N1CCN(S(=O)(=O)c2ccc(C(F)(F)F)cc2)[C@@H](C(=O)O)C1. The quantitative estimate of drug-likeness (QED) is 0.845. The van der Waals surface area contributed by atoms with Crippen LogP contribution in [0, 0.1) is 0 Å². The van der Waals surface area contributed by atoms with E-state index in [1.54, 1.807) is 0 Å². The summed E-state index contributed by atoms with van der Waals surface area (Å²) >= 11 is 0. The molecule has 1 aliphatic rings. The molecule has 1 heterocycles. The average Bonchev–Trinajstić information content (AvgIpc) is 2.53. The summed E-state index contributed by atoms with van der Waals surface area (Å²) in [4.78, 5) is 23.6. The number of hydrogen-bond acceptors (Lipinski definition) is 4. The van der Waals surface area contributed by atoms with Crippen molar-refractivity contribution in [2.45, 2.75) is 24.0 Å². The molecule has 1 fully saturated rings. The highest BCUT2D eigenvalue weighted by atomic mass is 32.2. The zero-order valence-corrected chi connectivity index (χ0v) is 13.8. The lowest BCUT2D eigenvalue weighted by molar-refractivity contribution is -0.145. The maximum atomic E-state index is 12.6. The summed E-state index contributed by atoms with van der Waals surface area (Å²) < 4.78 is 63.7. The number of piperazine rings is 1. The van der Waals surface area contributed by atoms with Crippen LogP contribution >= 0.6 is 0 Å². The van der Waals surface area contributed by atoms with E-state index in [4.69, 9.17) is 0 Å². The van der Waals surface area contributed by atoms with Crippen molar-refractivity contribution in [2.75, 3.05) is 19.6 Å². The molecule has 1 saturated heterocycles. The van der Waals surface area contributed by atoms with Gasteiger partial charge in [-0.25, -0.2) is 8.42 Å². The van der Waals surface area contributed by atoms with Gasteiger partial charge in [0.2, 0.25) is 15.9 Å². The number of nitrogens with zero attached hydrogens (tertiary/aromatic N) is 2. The van der Waals surface area contributed by atoms with Crippen LogP contribution in [0.3, 0.4) is 0 Å². The summed E-state index contributed by atoms with van der Waals surface area (Å²) in [7, 11) is -4.32. The van der Waals surface area contributed by atoms with Crippen molar-refractivity contribution in [3.63, 3.8) is 0 Å². The Morgan fingerprint density at radius 2 is 1.72 bits per heavy atom. The third-order valence-electron chi connectivity index (χ3n) is 3.85. The molecule has 0 aromatic heterocycles. The maximum absolute atomic E-state index is 12.6. The molecule has 0 bridgehead atoms. The molecule has 1 atom stereocenters. The lowest BCUT2D eigenvalue weighted by Gasteiger charge is -2.38. The predicted molar refractivity (Wildman–Crippen MR) is 79.0 cm³/mol. The van der Waals surface area contributed by atoms with Crippen molar-refractivity contribution in [2.24, 2.45) is 0 Å². The van der Waals surface area contributed by atoms with Gasteiger partial charge < -0.3 is 10.0 Å². The van der Waals surface area contributed by atoms with E-state index in [9.17, 15) is 36.3 Å². The van der Waals surface area contributed by atoms with Crippen molar-refractivity contribution < 1.29 is 36.3 Å².